The number of benzene rings is 1. The molecule has 0 saturated heterocycles. The first-order valence-corrected chi connectivity index (χ1v) is 6.96. The molecule has 0 fully saturated rings. The fourth-order valence-electron chi connectivity index (χ4n) is 1.78. The Labute approximate surface area is 121 Å². The summed E-state index contributed by atoms with van der Waals surface area (Å²) < 4.78 is 10.7. The van der Waals surface area contributed by atoms with E-state index in [2.05, 4.69) is 18.8 Å². The molecule has 0 unspecified atom stereocenters. The third kappa shape index (κ3) is 5.48. The predicted octanol–water partition coefficient (Wildman–Crippen LogP) is 1.87. The van der Waals surface area contributed by atoms with Gasteiger partial charge in [-0.05, 0) is 31.5 Å². The number of guanidine groups is 1. The third-order valence-corrected chi connectivity index (χ3v) is 3.02. The highest BCUT2D eigenvalue weighted by molar-refractivity contribution is 5.77. The Balaban J connectivity index is 2.25. The second kappa shape index (κ2) is 9.20. The zero-order valence-corrected chi connectivity index (χ0v) is 12.6. The SMILES string of the molecule is CCN(CC)C(N)=NCCOCc1ccc(OC)cc1. The molecule has 0 aliphatic heterocycles. The molecule has 2 N–H and O–H groups in total. The van der Waals surface area contributed by atoms with Crippen molar-refractivity contribution in [1.29, 1.82) is 0 Å². The first-order chi connectivity index (χ1) is 9.71. The van der Waals surface area contributed by atoms with Crippen LogP contribution in [-0.2, 0) is 11.3 Å². The van der Waals surface area contributed by atoms with Gasteiger partial charge < -0.3 is 20.1 Å². The summed E-state index contributed by atoms with van der Waals surface area (Å²) in [5, 5.41) is 0. The van der Waals surface area contributed by atoms with Crippen LogP contribution in [0.25, 0.3) is 0 Å². The van der Waals surface area contributed by atoms with Crippen LogP contribution in [0, 0.1) is 0 Å². The maximum absolute atomic E-state index is 5.87. The number of hydrogen-bond acceptors (Lipinski definition) is 3. The number of hydrogen-bond donors (Lipinski definition) is 1. The summed E-state index contributed by atoms with van der Waals surface area (Å²) in [4.78, 5) is 6.32. The third-order valence-electron chi connectivity index (χ3n) is 3.02. The van der Waals surface area contributed by atoms with Crippen molar-refractivity contribution in [3.05, 3.63) is 29.8 Å². The lowest BCUT2D eigenvalue weighted by Crippen LogP contribution is -2.37. The highest BCUT2D eigenvalue weighted by Gasteiger charge is 2.01. The standard InChI is InChI=1S/C15H25N3O2/c1-4-18(5-2)15(16)17-10-11-20-12-13-6-8-14(19-3)9-7-13/h6-9H,4-5,10-12H2,1-3H3,(H2,16,17). The van der Waals surface area contributed by atoms with Crippen LogP contribution in [0.15, 0.2) is 29.3 Å². The van der Waals surface area contributed by atoms with Crippen LogP contribution in [0.2, 0.25) is 0 Å². The molecule has 5 nitrogen and oxygen atoms in total. The molecule has 0 aliphatic carbocycles. The molecule has 1 rings (SSSR count). The van der Waals surface area contributed by atoms with E-state index >= 15 is 0 Å². The van der Waals surface area contributed by atoms with E-state index < -0.39 is 0 Å². The quantitative estimate of drug-likeness (QED) is 0.448. The highest BCUT2D eigenvalue weighted by Crippen LogP contribution is 2.11. The Morgan fingerprint density at radius 1 is 1.20 bits per heavy atom. The van der Waals surface area contributed by atoms with Crippen molar-refractivity contribution in [2.24, 2.45) is 10.7 Å². The molecule has 0 radical (unpaired) electrons. The van der Waals surface area contributed by atoms with Crippen molar-refractivity contribution in [2.75, 3.05) is 33.4 Å². The van der Waals surface area contributed by atoms with Gasteiger partial charge in [-0.15, -0.1) is 0 Å². The van der Waals surface area contributed by atoms with E-state index in [1.54, 1.807) is 7.11 Å². The van der Waals surface area contributed by atoms with Crippen LogP contribution < -0.4 is 10.5 Å². The van der Waals surface area contributed by atoms with Gasteiger partial charge in [0, 0.05) is 13.1 Å². The second-order valence-electron chi connectivity index (χ2n) is 4.31. The van der Waals surface area contributed by atoms with Gasteiger partial charge in [-0.2, -0.15) is 0 Å². The van der Waals surface area contributed by atoms with Gasteiger partial charge in [-0.1, -0.05) is 12.1 Å². The predicted molar refractivity (Wildman–Crippen MR) is 82.1 cm³/mol. The summed E-state index contributed by atoms with van der Waals surface area (Å²) in [6, 6.07) is 7.84. The minimum Gasteiger partial charge on any atom is -0.497 e. The molecule has 0 spiro atoms. The summed E-state index contributed by atoms with van der Waals surface area (Å²) >= 11 is 0. The Morgan fingerprint density at radius 2 is 1.85 bits per heavy atom. The number of nitrogens with two attached hydrogens (primary N) is 1. The Kier molecular flexibility index (Phi) is 7.50. The van der Waals surface area contributed by atoms with E-state index in [0.717, 1.165) is 24.4 Å². The molecule has 0 atom stereocenters. The fraction of sp³-hybridized carbons (Fsp3) is 0.533. The molecule has 0 aliphatic rings. The van der Waals surface area contributed by atoms with Gasteiger partial charge in [-0.3, -0.25) is 4.99 Å². The molecule has 0 saturated carbocycles. The Hall–Kier alpha value is -1.75. The molecular weight excluding hydrogens is 254 g/mol. The molecule has 112 valence electrons. The zero-order valence-electron chi connectivity index (χ0n) is 12.6. The molecule has 20 heavy (non-hydrogen) atoms. The van der Waals surface area contributed by atoms with Gasteiger partial charge in [0.05, 0.1) is 26.9 Å². The first kappa shape index (κ1) is 16.3. The molecule has 5 heteroatoms. The van der Waals surface area contributed by atoms with Crippen molar-refractivity contribution in [1.82, 2.24) is 4.90 Å². The molecule has 1 aromatic rings. The average Bonchev–Trinajstić information content (AvgIpc) is 2.49. The molecule has 0 bridgehead atoms. The highest BCUT2D eigenvalue weighted by atomic mass is 16.5. The van der Waals surface area contributed by atoms with E-state index in [0.29, 0.717) is 25.7 Å². The van der Waals surface area contributed by atoms with Crippen molar-refractivity contribution in [3.8, 4) is 5.75 Å². The summed E-state index contributed by atoms with van der Waals surface area (Å²) in [6.45, 7) is 7.59. The number of aliphatic imine (C=N–C) groups is 1. The topological polar surface area (TPSA) is 60.1 Å². The van der Waals surface area contributed by atoms with Crippen molar-refractivity contribution >= 4 is 5.96 Å². The first-order valence-electron chi connectivity index (χ1n) is 6.96. The van der Waals surface area contributed by atoms with Crippen LogP contribution in [-0.4, -0.2) is 44.2 Å². The summed E-state index contributed by atoms with van der Waals surface area (Å²) in [7, 11) is 1.66. The van der Waals surface area contributed by atoms with E-state index in [4.69, 9.17) is 15.2 Å². The largest absolute Gasteiger partial charge is 0.497 e. The summed E-state index contributed by atoms with van der Waals surface area (Å²) in [5.74, 6) is 1.44. The molecule has 0 aromatic heterocycles. The lowest BCUT2D eigenvalue weighted by molar-refractivity contribution is 0.128. The Bertz CT molecular complexity index is 400. The number of rotatable bonds is 8. The van der Waals surface area contributed by atoms with Crippen molar-refractivity contribution in [3.63, 3.8) is 0 Å². The van der Waals surface area contributed by atoms with E-state index in [-0.39, 0.29) is 0 Å². The Morgan fingerprint density at radius 3 is 2.40 bits per heavy atom. The van der Waals surface area contributed by atoms with Crippen molar-refractivity contribution in [2.45, 2.75) is 20.5 Å². The fourth-order valence-corrected chi connectivity index (χ4v) is 1.78. The summed E-state index contributed by atoms with van der Waals surface area (Å²) in [5.41, 5.74) is 6.99. The minimum absolute atomic E-state index is 0.563. The maximum atomic E-state index is 5.87. The number of ether oxygens (including phenoxy) is 2. The lowest BCUT2D eigenvalue weighted by atomic mass is 10.2. The van der Waals surface area contributed by atoms with Crippen LogP contribution >= 0.6 is 0 Å². The number of methoxy groups -OCH3 is 1. The maximum Gasteiger partial charge on any atom is 0.191 e. The van der Waals surface area contributed by atoms with Crippen LogP contribution in [0.4, 0.5) is 0 Å². The van der Waals surface area contributed by atoms with E-state index in [9.17, 15) is 0 Å². The zero-order chi connectivity index (χ0) is 14.8. The average molecular weight is 279 g/mol. The van der Waals surface area contributed by atoms with Crippen LogP contribution in [0.1, 0.15) is 19.4 Å². The number of nitrogens with zero attached hydrogens (tertiary/aromatic N) is 2. The van der Waals surface area contributed by atoms with E-state index in [1.165, 1.54) is 0 Å². The van der Waals surface area contributed by atoms with Gasteiger partial charge in [0.15, 0.2) is 5.96 Å². The van der Waals surface area contributed by atoms with Crippen molar-refractivity contribution < 1.29 is 9.47 Å². The monoisotopic (exact) mass is 279 g/mol. The molecule has 0 heterocycles. The van der Waals surface area contributed by atoms with Crippen LogP contribution in [0.5, 0.6) is 5.75 Å². The molecule has 1 aromatic carbocycles. The molecular formula is C15H25N3O2. The van der Waals surface area contributed by atoms with Gasteiger partial charge in [0.2, 0.25) is 0 Å². The normalized spacial score (nSPS) is 11.4. The van der Waals surface area contributed by atoms with Gasteiger partial charge in [-0.25, -0.2) is 0 Å². The van der Waals surface area contributed by atoms with Gasteiger partial charge >= 0.3 is 0 Å². The summed E-state index contributed by atoms with van der Waals surface area (Å²) in [6.07, 6.45) is 0. The minimum atomic E-state index is 0.563. The lowest BCUT2D eigenvalue weighted by Gasteiger charge is -2.19. The van der Waals surface area contributed by atoms with E-state index in [1.807, 2.05) is 29.2 Å². The second-order valence-corrected chi connectivity index (χ2v) is 4.31. The van der Waals surface area contributed by atoms with Gasteiger partial charge in [0.25, 0.3) is 0 Å². The van der Waals surface area contributed by atoms with Gasteiger partial charge in [0.1, 0.15) is 5.75 Å². The molecule has 0 amide bonds. The van der Waals surface area contributed by atoms with Crippen LogP contribution in [0.3, 0.4) is 0 Å². The smallest absolute Gasteiger partial charge is 0.191 e.